The predicted molar refractivity (Wildman–Crippen MR) is 155 cm³/mol. The molecule has 2 aliphatic rings. The number of amides is 1. The van der Waals surface area contributed by atoms with Gasteiger partial charge in [0.1, 0.15) is 5.75 Å². The summed E-state index contributed by atoms with van der Waals surface area (Å²) in [6.07, 6.45) is 1.68. The van der Waals surface area contributed by atoms with Gasteiger partial charge in [0.15, 0.2) is 18.1 Å². The highest BCUT2D eigenvalue weighted by molar-refractivity contribution is 7.89. The molecular weight excluding hydrogens is 566 g/mol. The first-order chi connectivity index (χ1) is 19.7. The molecule has 0 atom stereocenters. The Morgan fingerprint density at radius 1 is 1.00 bits per heavy atom. The van der Waals surface area contributed by atoms with E-state index in [4.69, 9.17) is 24.3 Å². The Labute approximate surface area is 240 Å². The SMILES string of the molecule is Cc1ccc(S(=O)(=O)N(C)C)cc1N=c1scc(-c2ccc3c(c2)NC(=O)CO3)n1/N=C/c1ccc2c(c1)OCO2. The Bertz CT molecular complexity index is 1890. The maximum Gasteiger partial charge on any atom is 0.262 e. The van der Waals surface area contributed by atoms with Crippen LogP contribution < -0.4 is 24.3 Å². The molecule has 4 aromatic rings. The molecule has 1 aromatic heterocycles. The molecule has 0 aliphatic carbocycles. The van der Waals surface area contributed by atoms with Crippen LogP contribution in [0.1, 0.15) is 11.1 Å². The van der Waals surface area contributed by atoms with E-state index in [0.717, 1.165) is 16.7 Å². The van der Waals surface area contributed by atoms with Gasteiger partial charge in [0.2, 0.25) is 21.6 Å². The molecule has 210 valence electrons. The lowest BCUT2D eigenvalue weighted by molar-refractivity contribution is -0.118. The molecule has 13 heteroatoms. The first-order valence-electron chi connectivity index (χ1n) is 12.5. The Kier molecular flexibility index (Phi) is 6.85. The molecule has 0 saturated heterocycles. The molecule has 6 rings (SSSR count). The van der Waals surface area contributed by atoms with Crippen molar-refractivity contribution in [1.82, 2.24) is 8.98 Å². The molecule has 3 heterocycles. The van der Waals surface area contributed by atoms with Gasteiger partial charge in [0.05, 0.1) is 28.2 Å². The number of rotatable bonds is 6. The van der Waals surface area contributed by atoms with Crippen LogP contribution in [0.5, 0.6) is 17.2 Å². The summed E-state index contributed by atoms with van der Waals surface area (Å²) in [7, 11) is -0.672. The fourth-order valence-corrected chi connectivity index (χ4v) is 6.00. The van der Waals surface area contributed by atoms with E-state index in [0.29, 0.717) is 39.1 Å². The molecule has 0 saturated carbocycles. The first kappa shape index (κ1) is 26.7. The number of sulfonamides is 1. The summed E-state index contributed by atoms with van der Waals surface area (Å²) in [5.41, 5.74) is 4.13. The largest absolute Gasteiger partial charge is 0.482 e. The van der Waals surface area contributed by atoms with Gasteiger partial charge in [-0.3, -0.25) is 4.79 Å². The van der Waals surface area contributed by atoms with Gasteiger partial charge in [-0.2, -0.15) is 5.10 Å². The standard InChI is InChI=1S/C28H25N5O6S2/c1-17-4-7-20(41(35,36)32(2)3)12-21(17)31-28-33(29-13-18-5-8-25-26(10-18)39-16-38-25)23(15-40-28)19-6-9-24-22(11-19)30-27(34)14-37-24/h4-13,15H,14,16H2,1-3H3,(H,30,34)/b29-13+,31-28?. The molecule has 0 radical (unpaired) electrons. The van der Waals surface area contributed by atoms with Crippen LogP contribution in [-0.2, 0) is 14.8 Å². The molecular formula is C28H25N5O6S2. The third-order valence-electron chi connectivity index (χ3n) is 6.49. The lowest BCUT2D eigenvalue weighted by Crippen LogP contribution is -2.25. The molecule has 1 amide bonds. The molecule has 41 heavy (non-hydrogen) atoms. The smallest absolute Gasteiger partial charge is 0.262 e. The van der Waals surface area contributed by atoms with Crippen molar-refractivity contribution in [2.24, 2.45) is 10.1 Å². The number of carbonyl (C=O) groups is 1. The summed E-state index contributed by atoms with van der Waals surface area (Å²) >= 11 is 1.35. The zero-order chi connectivity index (χ0) is 28.7. The molecule has 0 fully saturated rings. The second-order valence-corrected chi connectivity index (χ2v) is 12.5. The van der Waals surface area contributed by atoms with E-state index in [2.05, 4.69) is 5.32 Å². The highest BCUT2D eigenvalue weighted by Gasteiger charge is 2.20. The van der Waals surface area contributed by atoms with Crippen LogP contribution in [0.3, 0.4) is 0 Å². The third kappa shape index (κ3) is 5.22. The summed E-state index contributed by atoms with van der Waals surface area (Å²) in [5.74, 6) is 1.66. The summed E-state index contributed by atoms with van der Waals surface area (Å²) in [6, 6.07) is 15.9. The van der Waals surface area contributed by atoms with E-state index in [9.17, 15) is 13.2 Å². The van der Waals surface area contributed by atoms with Crippen molar-refractivity contribution in [3.8, 4) is 28.5 Å². The van der Waals surface area contributed by atoms with Gasteiger partial charge >= 0.3 is 0 Å². The quantitative estimate of drug-likeness (QED) is 0.339. The van der Waals surface area contributed by atoms with Crippen LogP contribution in [0.25, 0.3) is 11.3 Å². The van der Waals surface area contributed by atoms with Crippen LogP contribution in [0.15, 0.2) is 75.0 Å². The van der Waals surface area contributed by atoms with Crippen molar-refractivity contribution >= 4 is 44.9 Å². The van der Waals surface area contributed by atoms with Gasteiger partial charge < -0.3 is 19.5 Å². The van der Waals surface area contributed by atoms with Gasteiger partial charge in [0.25, 0.3) is 5.91 Å². The predicted octanol–water partition coefficient (Wildman–Crippen LogP) is 3.95. The zero-order valence-electron chi connectivity index (χ0n) is 22.3. The van der Waals surface area contributed by atoms with Gasteiger partial charge in [-0.1, -0.05) is 6.07 Å². The highest BCUT2D eigenvalue weighted by Crippen LogP contribution is 2.34. The normalized spacial score (nSPS) is 14.8. The van der Waals surface area contributed by atoms with Gasteiger partial charge in [-0.05, 0) is 66.6 Å². The molecule has 2 aliphatic heterocycles. The Hall–Kier alpha value is -4.46. The van der Waals surface area contributed by atoms with Crippen molar-refractivity contribution in [1.29, 1.82) is 0 Å². The maximum absolute atomic E-state index is 12.8. The number of aromatic nitrogens is 1. The number of hydrogen-bond donors (Lipinski definition) is 1. The maximum atomic E-state index is 12.8. The van der Waals surface area contributed by atoms with E-state index < -0.39 is 10.0 Å². The fourth-order valence-electron chi connectivity index (χ4n) is 4.23. The Morgan fingerprint density at radius 2 is 1.80 bits per heavy atom. The summed E-state index contributed by atoms with van der Waals surface area (Å²) < 4.78 is 44.8. The number of ether oxygens (including phenoxy) is 3. The Morgan fingerprint density at radius 3 is 2.63 bits per heavy atom. The number of nitrogens with zero attached hydrogens (tertiary/aromatic N) is 4. The van der Waals surface area contributed by atoms with Crippen molar-refractivity contribution in [3.05, 3.63) is 75.9 Å². The van der Waals surface area contributed by atoms with Gasteiger partial charge in [0, 0.05) is 25.0 Å². The number of carbonyl (C=O) groups excluding carboxylic acids is 1. The average Bonchev–Trinajstić information content (AvgIpc) is 3.59. The van der Waals surface area contributed by atoms with Crippen molar-refractivity contribution < 1.29 is 27.4 Å². The topological polar surface area (TPSA) is 124 Å². The first-order valence-corrected chi connectivity index (χ1v) is 14.8. The molecule has 0 spiro atoms. The van der Waals surface area contributed by atoms with E-state index >= 15 is 0 Å². The average molecular weight is 592 g/mol. The molecule has 11 nitrogen and oxygen atoms in total. The second kappa shape index (κ2) is 10.5. The van der Waals surface area contributed by atoms with E-state index in [1.807, 2.05) is 42.6 Å². The van der Waals surface area contributed by atoms with E-state index in [1.54, 1.807) is 35.2 Å². The van der Waals surface area contributed by atoms with Gasteiger partial charge in [-0.15, -0.1) is 11.3 Å². The molecule has 0 unspecified atom stereocenters. The van der Waals surface area contributed by atoms with E-state index in [-0.39, 0.29) is 24.2 Å². The van der Waals surface area contributed by atoms with Crippen LogP contribution in [-0.4, -0.2) is 57.0 Å². The summed E-state index contributed by atoms with van der Waals surface area (Å²) in [4.78, 5) is 17.4. The second-order valence-electron chi connectivity index (χ2n) is 9.47. The lowest BCUT2D eigenvalue weighted by atomic mass is 10.1. The van der Waals surface area contributed by atoms with Gasteiger partial charge in [-0.25, -0.2) is 22.4 Å². The number of nitrogens with one attached hydrogen (secondary N) is 1. The number of benzene rings is 3. The summed E-state index contributed by atoms with van der Waals surface area (Å²) in [6.45, 7) is 2.00. The minimum atomic E-state index is -3.65. The molecule has 3 aromatic carbocycles. The number of thiazole rings is 1. The number of aryl methyl sites for hydroxylation is 1. The minimum Gasteiger partial charge on any atom is -0.482 e. The monoisotopic (exact) mass is 591 g/mol. The summed E-state index contributed by atoms with van der Waals surface area (Å²) in [5, 5.41) is 9.50. The lowest BCUT2D eigenvalue weighted by Gasteiger charge is -2.18. The van der Waals surface area contributed by atoms with E-state index in [1.165, 1.54) is 29.7 Å². The number of fused-ring (bicyclic) bond motifs is 2. The number of anilines is 1. The minimum absolute atomic E-state index is 0.0321. The van der Waals surface area contributed by atoms with Crippen molar-refractivity contribution in [3.63, 3.8) is 0 Å². The highest BCUT2D eigenvalue weighted by atomic mass is 32.2. The van der Waals surface area contributed by atoms with Crippen molar-refractivity contribution in [2.45, 2.75) is 11.8 Å². The van der Waals surface area contributed by atoms with Crippen LogP contribution in [0.4, 0.5) is 11.4 Å². The zero-order valence-corrected chi connectivity index (χ0v) is 24.0. The molecule has 1 N–H and O–H groups in total. The third-order valence-corrected chi connectivity index (χ3v) is 9.11. The fraction of sp³-hybridized carbons (Fsp3) is 0.179. The number of hydrogen-bond acceptors (Lipinski definition) is 9. The molecule has 0 bridgehead atoms. The Balaban J connectivity index is 1.48. The van der Waals surface area contributed by atoms with Crippen molar-refractivity contribution in [2.75, 3.05) is 32.8 Å². The van der Waals surface area contributed by atoms with Crippen LogP contribution in [0.2, 0.25) is 0 Å². The van der Waals surface area contributed by atoms with Crippen LogP contribution in [0, 0.1) is 6.92 Å². The van der Waals surface area contributed by atoms with Crippen LogP contribution >= 0.6 is 11.3 Å².